The van der Waals surface area contributed by atoms with Gasteiger partial charge in [-0.15, -0.1) is 0 Å². The van der Waals surface area contributed by atoms with E-state index in [-0.39, 0.29) is 24.2 Å². The van der Waals surface area contributed by atoms with Crippen molar-refractivity contribution in [1.82, 2.24) is 5.32 Å². The molecule has 0 aliphatic heterocycles. The van der Waals surface area contributed by atoms with E-state index in [0.29, 0.717) is 17.7 Å². The van der Waals surface area contributed by atoms with Gasteiger partial charge in [-0.05, 0) is 62.1 Å². The van der Waals surface area contributed by atoms with Crippen LogP contribution in [0.3, 0.4) is 0 Å². The number of nitrogens with zero attached hydrogens (tertiary/aromatic N) is 1. The number of hydrogen-bond acceptors (Lipinski definition) is 4. The van der Waals surface area contributed by atoms with Gasteiger partial charge < -0.3 is 5.32 Å². The first-order chi connectivity index (χ1) is 14.8. The Morgan fingerprint density at radius 1 is 1.16 bits per heavy atom. The van der Waals surface area contributed by atoms with Crippen LogP contribution in [0.4, 0.5) is 10.1 Å². The maximum Gasteiger partial charge on any atom is 0.224 e. The van der Waals surface area contributed by atoms with Crippen LogP contribution >= 0.6 is 0 Å². The van der Waals surface area contributed by atoms with E-state index in [4.69, 9.17) is 0 Å². The summed E-state index contributed by atoms with van der Waals surface area (Å²) < 4.78 is 37.4. The molecule has 0 unspecified atom stereocenters. The molecule has 2 rings (SSSR count). The van der Waals surface area contributed by atoms with Crippen molar-refractivity contribution in [2.75, 3.05) is 4.72 Å². The fraction of sp³-hybridized carbons (Fsp3) is 0.304. The minimum absolute atomic E-state index is 0.0607. The third-order valence-corrected chi connectivity index (χ3v) is 5.16. The molecule has 0 heterocycles. The Kier molecular flexibility index (Phi) is 9.40. The zero-order valence-electron chi connectivity index (χ0n) is 17.9. The van der Waals surface area contributed by atoms with Gasteiger partial charge in [0.25, 0.3) is 0 Å². The zero-order chi connectivity index (χ0) is 22.8. The molecule has 0 radical (unpaired) electrons. The normalized spacial score (nSPS) is 13.2. The minimum Gasteiger partial charge on any atom is -0.347 e. The summed E-state index contributed by atoms with van der Waals surface area (Å²) in [5.41, 5.74) is 3.65. The molecule has 0 bridgehead atoms. The van der Waals surface area contributed by atoms with Crippen molar-refractivity contribution in [2.45, 2.75) is 46.1 Å². The quantitative estimate of drug-likeness (QED) is 0.384. The van der Waals surface area contributed by atoms with Gasteiger partial charge in [0, 0.05) is 17.1 Å². The SMILES string of the molecule is C/C=C(CC)\N=C(/C)[C@H](Cc1ccc(N[SH](=O)=O)cc1)NC(=O)Cc1cccc(F)c1. The van der Waals surface area contributed by atoms with Crippen LogP contribution in [-0.2, 0) is 28.5 Å². The highest BCUT2D eigenvalue weighted by atomic mass is 32.2. The fourth-order valence-electron chi connectivity index (χ4n) is 3.09. The second-order valence-corrected chi connectivity index (χ2v) is 7.82. The van der Waals surface area contributed by atoms with Gasteiger partial charge >= 0.3 is 0 Å². The lowest BCUT2D eigenvalue weighted by Gasteiger charge is -2.20. The van der Waals surface area contributed by atoms with Crippen LogP contribution in [0.2, 0.25) is 0 Å². The molecule has 31 heavy (non-hydrogen) atoms. The largest absolute Gasteiger partial charge is 0.347 e. The average Bonchev–Trinajstić information content (AvgIpc) is 2.72. The van der Waals surface area contributed by atoms with E-state index in [1.807, 2.05) is 26.8 Å². The predicted molar refractivity (Wildman–Crippen MR) is 123 cm³/mol. The fourth-order valence-corrected chi connectivity index (χ4v) is 3.45. The van der Waals surface area contributed by atoms with Crippen molar-refractivity contribution in [3.05, 3.63) is 77.2 Å². The van der Waals surface area contributed by atoms with Gasteiger partial charge in [0.05, 0.1) is 12.5 Å². The molecule has 2 aromatic carbocycles. The lowest BCUT2D eigenvalue weighted by atomic mass is 10.0. The number of thiol groups is 1. The highest BCUT2D eigenvalue weighted by Gasteiger charge is 2.17. The molecule has 166 valence electrons. The molecule has 0 fully saturated rings. The highest BCUT2D eigenvalue weighted by molar-refractivity contribution is 7.73. The Morgan fingerprint density at radius 3 is 2.45 bits per heavy atom. The van der Waals surface area contributed by atoms with Crippen LogP contribution in [0.15, 0.2) is 65.3 Å². The van der Waals surface area contributed by atoms with Gasteiger partial charge in [-0.25, -0.2) is 12.8 Å². The van der Waals surface area contributed by atoms with Gasteiger partial charge in [-0.2, -0.15) is 0 Å². The van der Waals surface area contributed by atoms with Crippen molar-refractivity contribution in [1.29, 1.82) is 0 Å². The van der Waals surface area contributed by atoms with E-state index in [2.05, 4.69) is 15.0 Å². The number of aliphatic imine (C=N–C) groups is 1. The number of allylic oxidation sites excluding steroid dienone is 2. The summed E-state index contributed by atoms with van der Waals surface area (Å²) in [6, 6.07) is 12.5. The van der Waals surface area contributed by atoms with Crippen LogP contribution in [0, 0.1) is 5.82 Å². The van der Waals surface area contributed by atoms with Crippen molar-refractivity contribution < 1.29 is 17.6 Å². The van der Waals surface area contributed by atoms with Crippen molar-refractivity contribution in [3.8, 4) is 0 Å². The number of carbonyl (C=O) groups is 1. The van der Waals surface area contributed by atoms with Crippen molar-refractivity contribution in [2.24, 2.45) is 4.99 Å². The number of halogens is 1. The standard InChI is InChI=1S/C23H28FN3O3S/c1-4-20(5-2)25-16(3)22(14-17-9-11-21(12-10-17)27-31(29)30)26-23(28)15-18-7-6-8-19(24)13-18/h4,6-13,22,31H,5,14-15H2,1-3H3,(H,26,28)(H,27,29,30)/b20-4-,25-16+/t22-/m0/s1. The molecular formula is C23H28FN3O3S. The number of carbonyl (C=O) groups excluding carboxylic acids is 1. The number of anilines is 1. The molecule has 1 atom stereocenters. The monoisotopic (exact) mass is 445 g/mol. The maximum atomic E-state index is 13.4. The van der Waals surface area contributed by atoms with Crippen molar-refractivity contribution in [3.63, 3.8) is 0 Å². The summed E-state index contributed by atoms with van der Waals surface area (Å²) in [6.45, 7) is 5.79. The van der Waals surface area contributed by atoms with Gasteiger partial charge in [-0.1, -0.05) is 37.3 Å². The average molecular weight is 446 g/mol. The summed E-state index contributed by atoms with van der Waals surface area (Å²) in [5, 5.41) is 3.00. The van der Waals surface area contributed by atoms with Crippen LogP contribution in [0.25, 0.3) is 0 Å². The van der Waals surface area contributed by atoms with E-state index in [9.17, 15) is 17.6 Å². The summed E-state index contributed by atoms with van der Waals surface area (Å²) >= 11 is 0. The smallest absolute Gasteiger partial charge is 0.224 e. The van der Waals surface area contributed by atoms with Gasteiger partial charge in [-0.3, -0.25) is 14.5 Å². The van der Waals surface area contributed by atoms with E-state index in [0.717, 1.165) is 23.4 Å². The lowest BCUT2D eigenvalue weighted by molar-refractivity contribution is -0.120. The van der Waals surface area contributed by atoms with Crippen LogP contribution < -0.4 is 10.0 Å². The van der Waals surface area contributed by atoms with Crippen LogP contribution in [0.1, 0.15) is 38.3 Å². The topological polar surface area (TPSA) is 87.6 Å². The predicted octanol–water partition coefficient (Wildman–Crippen LogP) is 3.81. The second-order valence-electron chi connectivity index (χ2n) is 7.08. The second kappa shape index (κ2) is 12.0. The Labute approximate surface area is 184 Å². The number of hydrogen-bond donors (Lipinski definition) is 3. The van der Waals surface area contributed by atoms with Gasteiger partial charge in [0.1, 0.15) is 5.82 Å². The number of rotatable bonds is 10. The maximum absolute atomic E-state index is 13.4. The zero-order valence-corrected chi connectivity index (χ0v) is 18.8. The Bertz CT molecular complexity index is 1020. The lowest BCUT2D eigenvalue weighted by Crippen LogP contribution is -2.42. The Balaban J connectivity index is 2.20. The highest BCUT2D eigenvalue weighted by Crippen LogP contribution is 2.13. The number of nitrogens with one attached hydrogen (secondary N) is 2. The van der Waals surface area contributed by atoms with Crippen LogP contribution in [0.5, 0.6) is 0 Å². The first kappa shape index (κ1) is 24.3. The summed E-state index contributed by atoms with van der Waals surface area (Å²) in [4.78, 5) is 17.3. The molecule has 8 heteroatoms. The van der Waals surface area contributed by atoms with E-state index in [1.165, 1.54) is 12.1 Å². The van der Waals surface area contributed by atoms with Gasteiger partial charge in [0.2, 0.25) is 16.8 Å². The summed E-state index contributed by atoms with van der Waals surface area (Å²) in [7, 11) is -2.73. The van der Waals surface area contributed by atoms with Crippen molar-refractivity contribution >= 4 is 28.2 Å². The first-order valence-corrected chi connectivity index (χ1v) is 11.2. The Hall–Kier alpha value is -3.00. The first-order valence-electron chi connectivity index (χ1n) is 10.0. The molecule has 6 nitrogen and oxygen atoms in total. The molecule has 0 aromatic heterocycles. The van der Waals surface area contributed by atoms with E-state index in [1.54, 1.807) is 36.4 Å². The summed E-state index contributed by atoms with van der Waals surface area (Å²) in [5.74, 6) is -0.612. The molecule has 0 aliphatic rings. The molecule has 1 amide bonds. The number of amides is 1. The molecular weight excluding hydrogens is 417 g/mol. The third-order valence-electron chi connectivity index (χ3n) is 4.72. The molecule has 2 aromatic rings. The minimum atomic E-state index is -2.73. The molecule has 0 spiro atoms. The summed E-state index contributed by atoms with van der Waals surface area (Å²) in [6.07, 6.45) is 3.24. The molecule has 2 N–H and O–H groups in total. The molecule has 0 saturated carbocycles. The Morgan fingerprint density at radius 2 is 1.87 bits per heavy atom. The number of benzene rings is 2. The molecule has 0 aliphatic carbocycles. The van der Waals surface area contributed by atoms with E-state index >= 15 is 0 Å². The third kappa shape index (κ3) is 8.33. The van der Waals surface area contributed by atoms with Gasteiger partial charge in [0.15, 0.2) is 0 Å². The van der Waals surface area contributed by atoms with E-state index < -0.39 is 10.9 Å². The molecule has 0 saturated heterocycles. The van der Waals surface area contributed by atoms with Crippen LogP contribution in [-0.4, -0.2) is 26.1 Å².